The maximum absolute atomic E-state index is 13.8. The van der Waals surface area contributed by atoms with Crippen molar-refractivity contribution in [1.82, 2.24) is 10.2 Å². The van der Waals surface area contributed by atoms with Crippen molar-refractivity contribution in [3.05, 3.63) is 63.2 Å². The molecule has 0 saturated carbocycles. The Kier molecular flexibility index (Phi) is 11.3. The van der Waals surface area contributed by atoms with Crippen LogP contribution >= 0.6 is 11.6 Å². The summed E-state index contributed by atoms with van der Waals surface area (Å²) in [6.07, 6.45) is 2.77. The molecule has 0 aliphatic carbocycles. The molecule has 2 aromatic rings. The van der Waals surface area contributed by atoms with Gasteiger partial charge in [0.1, 0.15) is 24.0 Å². The van der Waals surface area contributed by atoms with Crippen LogP contribution in [0, 0.1) is 10.1 Å². The molecule has 2 aromatic carbocycles. The number of sulfonamides is 1. The first kappa shape index (κ1) is 30.8. The second-order valence-electron chi connectivity index (χ2n) is 8.56. The number of halogens is 1. The summed E-state index contributed by atoms with van der Waals surface area (Å²) in [5.74, 6) is -1.04. The first-order valence-electron chi connectivity index (χ1n) is 12.0. The number of hydrogen-bond acceptors (Lipinski definition) is 7. The van der Waals surface area contributed by atoms with E-state index < -0.39 is 33.4 Å². The number of ether oxygens (including phenoxy) is 1. The molecule has 0 heterocycles. The molecule has 0 spiro atoms. The highest BCUT2D eigenvalue weighted by Gasteiger charge is 2.33. The van der Waals surface area contributed by atoms with Gasteiger partial charge in [-0.15, -0.1) is 0 Å². The van der Waals surface area contributed by atoms with Gasteiger partial charge in [0.2, 0.25) is 21.8 Å². The summed E-state index contributed by atoms with van der Waals surface area (Å²) in [6, 6.07) is 9.37. The van der Waals surface area contributed by atoms with Crippen LogP contribution in [0.1, 0.15) is 38.7 Å². The third-order valence-electron chi connectivity index (χ3n) is 5.84. The topological polar surface area (TPSA) is 139 Å². The lowest BCUT2D eigenvalue weighted by Crippen LogP contribution is -2.52. The van der Waals surface area contributed by atoms with Crippen molar-refractivity contribution in [3.63, 3.8) is 0 Å². The minimum Gasteiger partial charge on any atom is -0.495 e. The number of non-ortho nitro benzene ring substituents is 1. The molecule has 0 fully saturated rings. The lowest BCUT2D eigenvalue weighted by atomic mass is 10.1. The molecular formula is C25H33ClN4O7S. The van der Waals surface area contributed by atoms with Crippen LogP contribution in [0.3, 0.4) is 0 Å². The van der Waals surface area contributed by atoms with Gasteiger partial charge in [0, 0.05) is 30.2 Å². The number of rotatable bonds is 14. The molecule has 208 valence electrons. The van der Waals surface area contributed by atoms with E-state index in [1.165, 1.54) is 24.1 Å². The van der Waals surface area contributed by atoms with Gasteiger partial charge < -0.3 is 15.0 Å². The molecule has 0 aliphatic rings. The number of hydrogen-bond donors (Lipinski definition) is 1. The summed E-state index contributed by atoms with van der Waals surface area (Å²) in [5, 5.41) is 14.6. The van der Waals surface area contributed by atoms with Crippen molar-refractivity contribution in [2.24, 2.45) is 0 Å². The van der Waals surface area contributed by atoms with Crippen LogP contribution in [0.5, 0.6) is 5.75 Å². The Hall–Kier alpha value is -3.38. The van der Waals surface area contributed by atoms with Gasteiger partial charge in [-0.3, -0.25) is 24.0 Å². The maximum Gasteiger partial charge on any atom is 0.271 e. The van der Waals surface area contributed by atoms with Gasteiger partial charge in [0.25, 0.3) is 5.69 Å². The third kappa shape index (κ3) is 8.06. The van der Waals surface area contributed by atoms with Crippen LogP contribution in [0.4, 0.5) is 11.4 Å². The number of amides is 2. The number of carbonyl (C=O) groups excluding carboxylic acids is 2. The maximum atomic E-state index is 13.8. The van der Waals surface area contributed by atoms with Gasteiger partial charge in [0.05, 0.1) is 18.3 Å². The van der Waals surface area contributed by atoms with E-state index in [2.05, 4.69) is 5.32 Å². The normalized spacial score (nSPS) is 11.9. The molecule has 2 rings (SSSR count). The summed E-state index contributed by atoms with van der Waals surface area (Å²) >= 11 is 6.34. The number of anilines is 1. The Bertz CT molecular complexity index is 1260. The van der Waals surface area contributed by atoms with Crippen LogP contribution in [-0.2, 0) is 26.2 Å². The third-order valence-corrected chi connectivity index (χ3v) is 7.33. The highest BCUT2D eigenvalue weighted by Crippen LogP contribution is 2.34. The zero-order valence-corrected chi connectivity index (χ0v) is 23.4. The van der Waals surface area contributed by atoms with Crippen LogP contribution < -0.4 is 14.4 Å². The van der Waals surface area contributed by atoms with Crippen molar-refractivity contribution < 1.29 is 27.7 Å². The van der Waals surface area contributed by atoms with Gasteiger partial charge in [-0.1, -0.05) is 50.1 Å². The molecule has 0 saturated heterocycles. The number of nitro groups is 1. The van der Waals surface area contributed by atoms with Crippen molar-refractivity contribution in [1.29, 1.82) is 0 Å². The number of carbonyl (C=O) groups is 2. The summed E-state index contributed by atoms with van der Waals surface area (Å²) in [6.45, 7) is 3.38. The second-order valence-corrected chi connectivity index (χ2v) is 10.9. The zero-order chi connectivity index (χ0) is 28.5. The molecule has 38 heavy (non-hydrogen) atoms. The summed E-state index contributed by atoms with van der Waals surface area (Å²) < 4.78 is 31.6. The number of nitrogens with one attached hydrogen (secondary N) is 1. The fraction of sp³-hybridized carbons (Fsp3) is 0.440. The Morgan fingerprint density at radius 1 is 1.18 bits per heavy atom. The summed E-state index contributed by atoms with van der Waals surface area (Å²) in [4.78, 5) is 38.8. The lowest BCUT2D eigenvalue weighted by molar-refractivity contribution is -0.384. The van der Waals surface area contributed by atoms with Crippen LogP contribution in [0.2, 0.25) is 5.02 Å². The molecule has 13 heteroatoms. The second kappa shape index (κ2) is 14.0. The predicted octanol–water partition coefficient (Wildman–Crippen LogP) is 3.75. The van der Waals surface area contributed by atoms with E-state index in [1.54, 1.807) is 31.2 Å². The molecule has 1 N–H and O–H groups in total. The van der Waals surface area contributed by atoms with Crippen molar-refractivity contribution in [3.8, 4) is 5.75 Å². The predicted molar refractivity (Wildman–Crippen MR) is 146 cm³/mol. The molecule has 0 aliphatic heterocycles. The standard InChI is InChI=1S/C25H33ClN4O7S/c1-5-7-14-27-25(32)21(6-2)28(16-18-10-8-9-11-20(18)26)24(31)17-29(38(4,35)36)22-15-19(30(33)34)12-13-23(22)37-3/h8-13,15,21H,5-7,14,16-17H2,1-4H3,(H,27,32). The highest BCUT2D eigenvalue weighted by molar-refractivity contribution is 7.92. The Morgan fingerprint density at radius 3 is 2.42 bits per heavy atom. The Labute approximate surface area is 227 Å². The average Bonchev–Trinajstić information content (AvgIpc) is 2.87. The van der Waals surface area contributed by atoms with Crippen LogP contribution in [0.25, 0.3) is 0 Å². The minimum absolute atomic E-state index is 0.0239. The molecule has 1 unspecified atom stereocenters. The molecule has 11 nitrogen and oxygen atoms in total. The highest BCUT2D eigenvalue weighted by atomic mass is 35.5. The molecule has 0 bridgehead atoms. The van der Waals surface area contributed by atoms with E-state index in [0.717, 1.165) is 29.5 Å². The average molecular weight is 569 g/mol. The van der Waals surface area contributed by atoms with E-state index in [0.29, 0.717) is 17.1 Å². The minimum atomic E-state index is -4.12. The SMILES string of the molecule is CCCCNC(=O)C(CC)N(Cc1ccccc1Cl)C(=O)CN(c1cc([N+](=O)[O-])ccc1OC)S(C)(=O)=O. The van der Waals surface area contributed by atoms with Gasteiger partial charge in [0.15, 0.2) is 0 Å². The Morgan fingerprint density at radius 2 is 1.87 bits per heavy atom. The number of unbranched alkanes of at least 4 members (excludes halogenated alkanes) is 1. The van der Waals surface area contributed by atoms with E-state index in [1.807, 2.05) is 6.92 Å². The Balaban J connectivity index is 2.54. The summed E-state index contributed by atoms with van der Waals surface area (Å²) in [7, 11) is -2.83. The fourth-order valence-corrected chi connectivity index (χ4v) is 4.86. The van der Waals surface area contributed by atoms with E-state index in [4.69, 9.17) is 16.3 Å². The first-order chi connectivity index (χ1) is 17.9. The molecular weight excluding hydrogens is 536 g/mol. The molecule has 0 radical (unpaired) electrons. The zero-order valence-electron chi connectivity index (χ0n) is 21.8. The largest absolute Gasteiger partial charge is 0.495 e. The van der Waals surface area contributed by atoms with E-state index >= 15 is 0 Å². The molecule has 0 aromatic heterocycles. The van der Waals surface area contributed by atoms with E-state index in [-0.39, 0.29) is 36.0 Å². The molecule has 1 atom stereocenters. The number of benzene rings is 2. The van der Waals surface area contributed by atoms with Crippen LogP contribution in [-0.4, -0.2) is 62.6 Å². The summed E-state index contributed by atoms with van der Waals surface area (Å²) in [5.41, 5.74) is 0.0217. The van der Waals surface area contributed by atoms with Gasteiger partial charge in [-0.05, 0) is 30.5 Å². The smallest absolute Gasteiger partial charge is 0.271 e. The van der Waals surface area contributed by atoms with Crippen LogP contribution in [0.15, 0.2) is 42.5 Å². The molecule has 2 amide bonds. The monoisotopic (exact) mass is 568 g/mol. The number of nitrogens with zero attached hydrogens (tertiary/aromatic N) is 3. The first-order valence-corrected chi connectivity index (χ1v) is 14.3. The van der Waals surface area contributed by atoms with E-state index in [9.17, 15) is 28.1 Å². The van der Waals surface area contributed by atoms with Gasteiger partial charge in [-0.25, -0.2) is 8.42 Å². The fourth-order valence-electron chi connectivity index (χ4n) is 3.82. The number of methoxy groups -OCH3 is 1. The number of nitro benzene ring substituents is 1. The quantitative estimate of drug-likeness (QED) is 0.208. The van der Waals surface area contributed by atoms with Crippen molar-refractivity contribution >= 4 is 44.8 Å². The lowest BCUT2D eigenvalue weighted by Gasteiger charge is -2.33. The van der Waals surface area contributed by atoms with Gasteiger partial charge in [-0.2, -0.15) is 0 Å². The van der Waals surface area contributed by atoms with Crippen molar-refractivity contribution in [2.75, 3.05) is 30.8 Å². The van der Waals surface area contributed by atoms with Gasteiger partial charge >= 0.3 is 0 Å². The van der Waals surface area contributed by atoms with Crippen molar-refractivity contribution in [2.45, 2.75) is 45.7 Å².